The summed E-state index contributed by atoms with van der Waals surface area (Å²) in [5.74, 6) is 0.898. The van der Waals surface area contributed by atoms with Gasteiger partial charge in [0, 0.05) is 28.1 Å². The Balaban J connectivity index is 1.21. The molecule has 0 bridgehead atoms. The monoisotopic (exact) mass is 562 g/mol. The number of carbonyl (C=O) groups is 2. The molecule has 6 aromatic rings. The summed E-state index contributed by atoms with van der Waals surface area (Å²) in [5, 5.41) is 2.18. The molecule has 0 aliphatic carbocycles. The van der Waals surface area contributed by atoms with Gasteiger partial charge in [-0.25, -0.2) is 9.97 Å². The molecule has 0 saturated carbocycles. The van der Waals surface area contributed by atoms with Crippen molar-refractivity contribution in [3.05, 3.63) is 78.5 Å². The molecular formula is C31H24N4O3P2. The van der Waals surface area contributed by atoms with Crippen LogP contribution >= 0.6 is 17.2 Å². The van der Waals surface area contributed by atoms with E-state index in [1.165, 1.54) is 0 Å². The number of nitrogens with one attached hydrogen (secondary N) is 2. The predicted octanol–water partition coefficient (Wildman–Crippen LogP) is 6.03. The molecule has 2 N–H and O–H groups in total. The van der Waals surface area contributed by atoms with Gasteiger partial charge in [-0.05, 0) is 71.3 Å². The molecule has 2 aromatic heterocycles. The maximum atomic E-state index is 11.5. The Bertz CT molecular complexity index is 1990. The zero-order valence-corrected chi connectivity index (χ0v) is 23.8. The van der Waals surface area contributed by atoms with Crippen LogP contribution in [0.25, 0.3) is 55.3 Å². The minimum Gasteiger partial charge on any atom is -0.488 e. The van der Waals surface area contributed by atoms with Crippen molar-refractivity contribution in [2.45, 2.75) is 20.5 Å². The van der Waals surface area contributed by atoms with Gasteiger partial charge in [-0.1, -0.05) is 42.5 Å². The lowest BCUT2D eigenvalue weighted by Crippen LogP contribution is -2.06. The molecule has 0 radical (unpaired) electrons. The smallest absolute Gasteiger partial charge is 0.155 e. The van der Waals surface area contributed by atoms with Crippen LogP contribution in [0.15, 0.2) is 72.9 Å². The SMILES string of the molecule is CC(=O)Pc1ncc(-c2ccc3c(c2)COc2c-3ccc3cc(-c4ccc5nc(PC(C)=O)[nH]c5c4)ccc23)[nH]1. The molecule has 40 heavy (non-hydrogen) atoms. The van der Waals surface area contributed by atoms with Crippen LogP contribution in [-0.2, 0) is 16.2 Å². The number of rotatable bonds is 6. The summed E-state index contributed by atoms with van der Waals surface area (Å²) in [6, 6.07) is 23.2. The minimum absolute atomic E-state index is 0.0387. The summed E-state index contributed by atoms with van der Waals surface area (Å²) in [6.45, 7) is 3.64. The highest BCUT2D eigenvalue weighted by Crippen LogP contribution is 2.44. The van der Waals surface area contributed by atoms with Crippen molar-refractivity contribution in [1.29, 1.82) is 0 Å². The topological polar surface area (TPSA) is 101 Å². The average molecular weight is 563 g/mol. The summed E-state index contributed by atoms with van der Waals surface area (Å²) < 4.78 is 6.34. The third-order valence-corrected chi connectivity index (χ3v) is 8.70. The highest BCUT2D eigenvalue weighted by atomic mass is 31.1. The number of ether oxygens (including phenoxy) is 1. The maximum Gasteiger partial charge on any atom is 0.155 e. The molecule has 1 aliphatic rings. The fourth-order valence-corrected chi connectivity index (χ4v) is 6.62. The largest absolute Gasteiger partial charge is 0.488 e. The van der Waals surface area contributed by atoms with E-state index in [2.05, 4.69) is 80.6 Å². The zero-order valence-electron chi connectivity index (χ0n) is 21.8. The molecular weight excluding hydrogens is 538 g/mol. The van der Waals surface area contributed by atoms with Crippen LogP contribution in [0.4, 0.5) is 0 Å². The molecule has 4 aromatic carbocycles. The fraction of sp³-hybridized carbons (Fsp3) is 0.0968. The van der Waals surface area contributed by atoms with Crippen LogP contribution in [-0.4, -0.2) is 31.0 Å². The Morgan fingerprint density at radius 3 is 2.40 bits per heavy atom. The van der Waals surface area contributed by atoms with Crippen molar-refractivity contribution in [3.8, 4) is 39.3 Å². The molecule has 0 spiro atoms. The second-order valence-corrected chi connectivity index (χ2v) is 12.7. The molecule has 196 valence electrons. The first-order valence-electron chi connectivity index (χ1n) is 12.8. The van der Waals surface area contributed by atoms with Gasteiger partial charge in [-0.2, -0.15) is 0 Å². The maximum absolute atomic E-state index is 11.5. The van der Waals surface area contributed by atoms with Crippen LogP contribution in [0.5, 0.6) is 5.75 Å². The van der Waals surface area contributed by atoms with Crippen molar-refractivity contribution in [1.82, 2.24) is 19.9 Å². The van der Waals surface area contributed by atoms with Gasteiger partial charge in [-0.3, -0.25) is 9.59 Å². The van der Waals surface area contributed by atoms with Gasteiger partial charge >= 0.3 is 0 Å². The first-order chi connectivity index (χ1) is 19.4. The van der Waals surface area contributed by atoms with Gasteiger partial charge in [0.15, 0.2) is 11.0 Å². The van der Waals surface area contributed by atoms with Gasteiger partial charge < -0.3 is 14.7 Å². The number of benzene rings is 4. The van der Waals surface area contributed by atoms with Crippen LogP contribution in [0.1, 0.15) is 19.4 Å². The molecule has 7 nitrogen and oxygen atoms in total. The highest BCUT2D eigenvalue weighted by Gasteiger charge is 2.21. The predicted molar refractivity (Wildman–Crippen MR) is 164 cm³/mol. The van der Waals surface area contributed by atoms with Crippen molar-refractivity contribution < 1.29 is 14.3 Å². The third-order valence-electron chi connectivity index (χ3n) is 7.03. The second-order valence-electron chi connectivity index (χ2n) is 9.86. The van der Waals surface area contributed by atoms with Gasteiger partial charge in [0.25, 0.3) is 0 Å². The molecule has 0 amide bonds. The molecule has 0 fully saturated rings. The zero-order chi connectivity index (χ0) is 27.4. The van der Waals surface area contributed by atoms with E-state index in [0.717, 1.165) is 72.2 Å². The number of hydrogen-bond donors (Lipinski definition) is 2. The summed E-state index contributed by atoms with van der Waals surface area (Å²) >= 11 is 0. The van der Waals surface area contributed by atoms with E-state index < -0.39 is 0 Å². The molecule has 1 aliphatic heterocycles. The average Bonchev–Trinajstić information content (AvgIpc) is 3.57. The first kappa shape index (κ1) is 24.8. The van der Waals surface area contributed by atoms with Crippen molar-refractivity contribution in [3.63, 3.8) is 0 Å². The molecule has 7 rings (SSSR count). The minimum atomic E-state index is 0.0387. The molecule has 0 saturated heterocycles. The van der Waals surface area contributed by atoms with Crippen LogP contribution in [0.2, 0.25) is 0 Å². The summed E-state index contributed by atoms with van der Waals surface area (Å²) in [5.41, 5.74) is 10.9. The van der Waals surface area contributed by atoms with Crippen molar-refractivity contribution in [2.24, 2.45) is 0 Å². The number of aromatic amines is 2. The van der Waals surface area contributed by atoms with E-state index in [1.54, 1.807) is 20.0 Å². The summed E-state index contributed by atoms with van der Waals surface area (Å²) in [7, 11) is 0.0797. The Morgan fingerprint density at radius 1 is 0.800 bits per heavy atom. The molecule has 2 unspecified atom stereocenters. The normalized spacial score (nSPS) is 12.8. The van der Waals surface area contributed by atoms with Gasteiger partial charge in [0.2, 0.25) is 0 Å². The molecule has 2 atom stereocenters. The first-order valence-corrected chi connectivity index (χ1v) is 14.8. The highest BCUT2D eigenvalue weighted by molar-refractivity contribution is 7.64. The number of nitrogens with zero attached hydrogens (tertiary/aromatic N) is 2. The lowest BCUT2D eigenvalue weighted by atomic mass is 9.91. The van der Waals surface area contributed by atoms with Crippen LogP contribution < -0.4 is 15.9 Å². The van der Waals surface area contributed by atoms with Crippen LogP contribution in [0, 0.1) is 0 Å². The van der Waals surface area contributed by atoms with E-state index in [1.807, 2.05) is 6.07 Å². The van der Waals surface area contributed by atoms with Crippen molar-refractivity contribution in [2.75, 3.05) is 0 Å². The lowest BCUT2D eigenvalue weighted by molar-refractivity contribution is -0.110. The number of imidazole rings is 2. The number of fused-ring (bicyclic) bond motifs is 6. The quantitative estimate of drug-likeness (QED) is 0.241. The van der Waals surface area contributed by atoms with E-state index in [-0.39, 0.29) is 28.2 Å². The standard InChI is InChI=1S/C31H24N4O3P2/c1-16(36)39-30-32-14-28(35-30)21-5-7-23-22(12-21)15-38-29-24-8-3-18(11-20(24)4-9-25(23)29)19-6-10-26-27(13-19)34-31(33-26)40-17(2)37/h3-14,39-40H,15H2,1-2H3,(H,32,35)(H,33,34). The number of H-pyrrole nitrogens is 2. The fourth-order valence-electron chi connectivity index (χ4n) is 5.26. The Morgan fingerprint density at radius 2 is 1.55 bits per heavy atom. The Kier molecular flexibility index (Phi) is 6.07. The van der Waals surface area contributed by atoms with Gasteiger partial charge in [-0.15, -0.1) is 0 Å². The van der Waals surface area contributed by atoms with E-state index in [9.17, 15) is 9.59 Å². The molecule has 9 heteroatoms. The lowest BCUT2D eigenvalue weighted by Gasteiger charge is -2.23. The van der Waals surface area contributed by atoms with E-state index in [0.29, 0.717) is 12.2 Å². The Labute approximate surface area is 233 Å². The summed E-state index contributed by atoms with van der Waals surface area (Å²) in [4.78, 5) is 38.4. The third kappa shape index (κ3) is 4.52. The number of aromatic nitrogens is 4. The van der Waals surface area contributed by atoms with Crippen LogP contribution in [0.3, 0.4) is 0 Å². The molecule has 3 heterocycles. The second kappa shape index (κ2) is 9.78. The van der Waals surface area contributed by atoms with Gasteiger partial charge in [0.05, 0.1) is 22.9 Å². The van der Waals surface area contributed by atoms with Gasteiger partial charge in [0.1, 0.15) is 23.5 Å². The Hall–Kier alpha value is -4.18. The summed E-state index contributed by atoms with van der Waals surface area (Å²) in [6.07, 6.45) is 1.78. The number of hydrogen-bond acceptors (Lipinski definition) is 5. The van der Waals surface area contributed by atoms with E-state index in [4.69, 9.17) is 4.74 Å². The number of carbonyl (C=O) groups excluding carboxylic acids is 2. The van der Waals surface area contributed by atoms with E-state index >= 15 is 0 Å². The van der Waals surface area contributed by atoms with Crippen molar-refractivity contribution >= 4 is 61.1 Å².